The minimum atomic E-state index is 0.787. The van der Waals surface area contributed by atoms with Crippen molar-refractivity contribution >= 4 is 11.8 Å². The molecule has 2 fully saturated rings. The maximum Gasteiger partial charge on any atom is 0.0111 e. The Hall–Kier alpha value is 0.270. The number of rotatable bonds is 2. The molecule has 2 rings (SSSR count). The molecule has 2 aliphatic heterocycles. The zero-order valence-electron chi connectivity index (χ0n) is 8.24. The fourth-order valence-electron chi connectivity index (χ4n) is 2.44. The van der Waals surface area contributed by atoms with Crippen molar-refractivity contribution in [3.05, 3.63) is 0 Å². The Morgan fingerprint density at radius 3 is 2.62 bits per heavy atom. The van der Waals surface area contributed by atoms with Crippen LogP contribution in [0.15, 0.2) is 0 Å². The Labute approximate surface area is 85.2 Å². The van der Waals surface area contributed by atoms with E-state index in [1.165, 1.54) is 43.9 Å². The number of likely N-dealkylation sites (tertiary alicyclic amines) is 1. The summed E-state index contributed by atoms with van der Waals surface area (Å²) >= 11 is 2.11. The van der Waals surface area contributed by atoms with Crippen molar-refractivity contribution < 1.29 is 0 Å². The van der Waals surface area contributed by atoms with Gasteiger partial charge in [0.05, 0.1) is 0 Å². The predicted octanol–water partition coefficient (Wildman–Crippen LogP) is 1.16. The van der Waals surface area contributed by atoms with E-state index >= 15 is 0 Å². The van der Waals surface area contributed by atoms with E-state index in [-0.39, 0.29) is 0 Å². The van der Waals surface area contributed by atoms with Crippen LogP contribution in [-0.2, 0) is 0 Å². The van der Waals surface area contributed by atoms with Crippen molar-refractivity contribution in [2.45, 2.75) is 25.3 Å². The maximum absolute atomic E-state index is 5.69. The van der Waals surface area contributed by atoms with Gasteiger partial charge in [-0.15, -0.1) is 0 Å². The van der Waals surface area contributed by atoms with Crippen molar-refractivity contribution in [3.8, 4) is 0 Å². The maximum atomic E-state index is 5.69. The van der Waals surface area contributed by atoms with Gasteiger partial charge in [-0.2, -0.15) is 11.8 Å². The summed E-state index contributed by atoms with van der Waals surface area (Å²) < 4.78 is 0. The van der Waals surface area contributed by atoms with Crippen LogP contribution in [-0.4, -0.2) is 42.1 Å². The van der Waals surface area contributed by atoms with Gasteiger partial charge in [-0.25, -0.2) is 0 Å². The minimum absolute atomic E-state index is 0.787. The highest BCUT2D eigenvalue weighted by Gasteiger charge is 2.28. The van der Waals surface area contributed by atoms with E-state index in [1.807, 2.05) is 0 Å². The molecule has 2 nitrogen and oxygen atoms in total. The van der Waals surface area contributed by atoms with Gasteiger partial charge in [-0.3, -0.25) is 4.90 Å². The summed E-state index contributed by atoms with van der Waals surface area (Å²) in [6, 6.07) is 0.887. The van der Waals surface area contributed by atoms with Gasteiger partial charge < -0.3 is 5.73 Å². The molecule has 0 radical (unpaired) electrons. The average molecular weight is 200 g/mol. The fourth-order valence-corrected chi connectivity index (χ4v) is 3.52. The summed E-state index contributed by atoms with van der Waals surface area (Å²) in [5.41, 5.74) is 5.69. The first-order chi connectivity index (χ1) is 6.40. The second-order valence-electron chi connectivity index (χ2n) is 4.23. The molecule has 0 bridgehead atoms. The van der Waals surface area contributed by atoms with Gasteiger partial charge in [0.1, 0.15) is 0 Å². The third kappa shape index (κ3) is 2.39. The lowest BCUT2D eigenvalue weighted by Crippen LogP contribution is -2.36. The largest absolute Gasteiger partial charge is 0.330 e. The second-order valence-corrected chi connectivity index (χ2v) is 5.45. The summed E-state index contributed by atoms with van der Waals surface area (Å²) in [6.07, 6.45) is 4.14. The second kappa shape index (κ2) is 4.67. The van der Waals surface area contributed by atoms with Gasteiger partial charge in [0.2, 0.25) is 0 Å². The van der Waals surface area contributed by atoms with Crippen LogP contribution >= 0.6 is 11.8 Å². The molecule has 0 saturated carbocycles. The van der Waals surface area contributed by atoms with Crippen molar-refractivity contribution in [1.29, 1.82) is 0 Å². The lowest BCUT2D eigenvalue weighted by molar-refractivity contribution is 0.222. The smallest absolute Gasteiger partial charge is 0.0111 e. The van der Waals surface area contributed by atoms with E-state index in [0.717, 1.165) is 18.5 Å². The van der Waals surface area contributed by atoms with Crippen LogP contribution in [0.5, 0.6) is 0 Å². The molecule has 1 atom stereocenters. The van der Waals surface area contributed by atoms with E-state index in [2.05, 4.69) is 16.7 Å². The monoisotopic (exact) mass is 200 g/mol. The van der Waals surface area contributed by atoms with Crippen molar-refractivity contribution in [3.63, 3.8) is 0 Å². The van der Waals surface area contributed by atoms with Crippen molar-refractivity contribution in [2.24, 2.45) is 11.7 Å². The molecule has 0 aliphatic carbocycles. The topological polar surface area (TPSA) is 29.3 Å². The molecule has 0 amide bonds. The first-order valence-electron chi connectivity index (χ1n) is 5.42. The van der Waals surface area contributed by atoms with Crippen molar-refractivity contribution in [2.75, 3.05) is 31.1 Å². The molecular formula is C10H20N2S. The number of hydrogen-bond donors (Lipinski definition) is 1. The van der Waals surface area contributed by atoms with E-state index in [9.17, 15) is 0 Å². The molecule has 76 valence electrons. The number of nitrogens with two attached hydrogens (primary N) is 1. The third-order valence-corrected chi connectivity index (χ3v) is 4.41. The van der Waals surface area contributed by atoms with Gasteiger partial charge in [0.15, 0.2) is 0 Å². The molecule has 0 aromatic carbocycles. The first kappa shape index (κ1) is 9.81. The molecule has 0 aromatic heterocycles. The molecular weight excluding hydrogens is 180 g/mol. The molecule has 2 saturated heterocycles. The molecule has 2 heterocycles. The number of nitrogens with zero attached hydrogens (tertiary/aromatic N) is 1. The van der Waals surface area contributed by atoms with Crippen LogP contribution in [0.1, 0.15) is 19.3 Å². The standard InChI is InChI=1S/C10H20N2S/c11-7-9-1-4-12(8-9)10-2-5-13-6-3-10/h9-10H,1-8,11H2. The average Bonchev–Trinajstić information content (AvgIpc) is 2.67. The molecule has 0 aromatic rings. The van der Waals surface area contributed by atoms with Crippen LogP contribution in [0.4, 0.5) is 0 Å². The molecule has 13 heavy (non-hydrogen) atoms. The van der Waals surface area contributed by atoms with Gasteiger partial charge in [0, 0.05) is 12.6 Å². The Balaban J connectivity index is 1.80. The number of thioether (sulfide) groups is 1. The lowest BCUT2D eigenvalue weighted by Gasteiger charge is -2.30. The first-order valence-corrected chi connectivity index (χ1v) is 6.57. The van der Waals surface area contributed by atoms with E-state index in [4.69, 9.17) is 5.73 Å². The van der Waals surface area contributed by atoms with Crippen molar-refractivity contribution in [1.82, 2.24) is 4.90 Å². The van der Waals surface area contributed by atoms with Crippen LogP contribution in [0.3, 0.4) is 0 Å². The Morgan fingerprint density at radius 2 is 2.00 bits per heavy atom. The molecule has 2 aliphatic rings. The number of hydrogen-bond acceptors (Lipinski definition) is 3. The van der Waals surface area contributed by atoms with Crippen LogP contribution in [0.2, 0.25) is 0 Å². The van der Waals surface area contributed by atoms with Crippen LogP contribution < -0.4 is 5.73 Å². The third-order valence-electron chi connectivity index (χ3n) is 3.36. The highest BCUT2D eigenvalue weighted by molar-refractivity contribution is 7.99. The van der Waals surface area contributed by atoms with E-state index < -0.39 is 0 Å². The zero-order valence-corrected chi connectivity index (χ0v) is 9.06. The summed E-state index contributed by atoms with van der Waals surface area (Å²) in [5, 5.41) is 0. The van der Waals surface area contributed by atoms with Gasteiger partial charge in [-0.1, -0.05) is 0 Å². The summed E-state index contributed by atoms with van der Waals surface area (Å²) in [4.78, 5) is 2.68. The quantitative estimate of drug-likeness (QED) is 0.725. The van der Waals surface area contributed by atoms with E-state index in [0.29, 0.717) is 0 Å². The summed E-state index contributed by atoms with van der Waals surface area (Å²) in [7, 11) is 0. The molecule has 2 N–H and O–H groups in total. The normalized spacial score (nSPS) is 32.5. The predicted molar refractivity (Wildman–Crippen MR) is 59.1 cm³/mol. The van der Waals surface area contributed by atoms with Gasteiger partial charge in [-0.05, 0) is 49.8 Å². The fraction of sp³-hybridized carbons (Fsp3) is 1.00. The molecule has 1 unspecified atom stereocenters. The van der Waals surface area contributed by atoms with Crippen LogP contribution in [0, 0.1) is 5.92 Å². The lowest BCUT2D eigenvalue weighted by atomic mass is 10.1. The Kier molecular flexibility index (Phi) is 3.52. The molecule has 0 spiro atoms. The Morgan fingerprint density at radius 1 is 1.23 bits per heavy atom. The van der Waals surface area contributed by atoms with E-state index in [1.54, 1.807) is 0 Å². The SMILES string of the molecule is NCC1CCN(C2CCSCC2)C1. The molecule has 3 heteroatoms. The highest BCUT2D eigenvalue weighted by Crippen LogP contribution is 2.26. The summed E-state index contributed by atoms with van der Waals surface area (Å²) in [5.74, 6) is 3.53. The van der Waals surface area contributed by atoms with Gasteiger partial charge >= 0.3 is 0 Å². The summed E-state index contributed by atoms with van der Waals surface area (Å²) in [6.45, 7) is 3.46. The van der Waals surface area contributed by atoms with Crippen LogP contribution in [0.25, 0.3) is 0 Å². The highest BCUT2D eigenvalue weighted by atomic mass is 32.2. The minimum Gasteiger partial charge on any atom is -0.330 e. The van der Waals surface area contributed by atoms with Gasteiger partial charge in [0.25, 0.3) is 0 Å². The Bertz CT molecular complexity index is 157. The zero-order chi connectivity index (χ0) is 9.10.